The van der Waals surface area contributed by atoms with E-state index in [0.717, 1.165) is 32.4 Å². The van der Waals surface area contributed by atoms with Crippen LogP contribution in [0.25, 0.3) is 0 Å². The van der Waals surface area contributed by atoms with Gasteiger partial charge < -0.3 is 10.2 Å². The number of halogens is 1. The standard InChI is InChI=1S/C20H24FN3O/c21-19-4-2-1-3-17(19)15-23-13-9-18-5-6-20(25)24(18)14-10-16-7-11-22-12-8-16/h1-4,7-8,11-12,18,23H,5-6,9-10,13-15H2. The third kappa shape index (κ3) is 4.86. The molecular formula is C20H24FN3O. The van der Waals surface area contributed by atoms with E-state index in [1.165, 1.54) is 11.6 Å². The van der Waals surface area contributed by atoms with Gasteiger partial charge in [-0.05, 0) is 49.6 Å². The number of carbonyl (C=O) groups is 1. The van der Waals surface area contributed by atoms with Gasteiger partial charge in [-0.2, -0.15) is 0 Å². The molecule has 1 saturated heterocycles. The van der Waals surface area contributed by atoms with Crippen molar-refractivity contribution in [1.29, 1.82) is 0 Å². The molecule has 0 saturated carbocycles. The van der Waals surface area contributed by atoms with Gasteiger partial charge in [0.05, 0.1) is 0 Å². The predicted molar refractivity (Wildman–Crippen MR) is 95.4 cm³/mol. The molecule has 1 aromatic carbocycles. The van der Waals surface area contributed by atoms with Crippen LogP contribution in [0.4, 0.5) is 4.39 Å². The second-order valence-corrected chi connectivity index (χ2v) is 6.44. The summed E-state index contributed by atoms with van der Waals surface area (Å²) >= 11 is 0. The number of aromatic nitrogens is 1. The summed E-state index contributed by atoms with van der Waals surface area (Å²) in [5.74, 6) is 0.0678. The van der Waals surface area contributed by atoms with Gasteiger partial charge in [0.2, 0.25) is 5.91 Å². The van der Waals surface area contributed by atoms with E-state index in [-0.39, 0.29) is 17.8 Å². The highest BCUT2D eigenvalue weighted by molar-refractivity contribution is 5.78. The number of hydrogen-bond donors (Lipinski definition) is 1. The summed E-state index contributed by atoms with van der Waals surface area (Å²) in [5.41, 5.74) is 1.88. The van der Waals surface area contributed by atoms with Crippen LogP contribution >= 0.6 is 0 Å². The topological polar surface area (TPSA) is 45.2 Å². The Bertz CT molecular complexity index is 692. The first-order valence-corrected chi connectivity index (χ1v) is 8.86. The Morgan fingerprint density at radius 2 is 2.00 bits per heavy atom. The first-order valence-electron chi connectivity index (χ1n) is 8.86. The van der Waals surface area contributed by atoms with E-state index in [1.807, 2.05) is 23.1 Å². The summed E-state index contributed by atoms with van der Waals surface area (Å²) in [6.45, 7) is 2.04. The summed E-state index contributed by atoms with van der Waals surface area (Å²) in [6.07, 6.45) is 6.87. The molecule has 0 aliphatic carbocycles. The Morgan fingerprint density at radius 3 is 2.80 bits per heavy atom. The number of pyridine rings is 1. The summed E-state index contributed by atoms with van der Waals surface area (Å²) in [7, 11) is 0. The molecular weight excluding hydrogens is 317 g/mol. The minimum absolute atomic E-state index is 0.176. The lowest BCUT2D eigenvalue weighted by atomic mass is 10.1. The monoisotopic (exact) mass is 341 g/mol. The van der Waals surface area contributed by atoms with Crippen molar-refractivity contribution in [2.24, 2.45) is 0 Å². The fraction of sp³-hybridized carbons (Fsp3) is 0.400. The van der Waals surface area contributed by atoms with E-state index >= 15 is 0 Å². The molecule has 0 radical (unpaired) electrons. The maximum Gasteiger partial charge on any atom is 0.222 e. The minimum atomic E-state index is -0.176. The lowest BCUT2D eigenvalue weighted by Crippen LogP contribution is -2.36. The van der Waals surface area contributed by atoms with Crippen LogP contribution in [0.15, 0.2) is 48.8 Å². The summed E-state index contributed by atoms with van der Waals surface area (Å²) in [5, 5.41) is 3.29. The highest BCUT2D eigenvalue weighted by Gasteiger charge is 2.29. The van der Waals surface area contributed by atoms with Gasteiger partial charge in [0, 0.05) is 43.5 Å². The van der Waals surface area contributed by atoms with E-state index in [0.29, 0.717) is 18.5 Å². The quantitative estimate of drug-likeness (QED) is 0.751. The zero-order valence-electron chi connectivity index (χ0n) is 14.3. The van der Waals surface area contributed by atoms with Gasteiger partial charge in [0.25, 0.3) is 0 Å². The number of nitrogens with one attached hydrogen (secondary N) is 1. The first-order chi connectivity index (χ1) is 12.2. The van der Waals surface area contributed by atoms with Crippen LogP contribution in [0.2, 0.25) is 0 Å². The number of carbonyl (C=O) groups excluding carboxylic acids is 1. The molecule has 1 N–H and O–H groups in total. The predicted octanol–water partition coefficient (Wildman–Crippen LogP) is 2.93. The highest BCUT2D eigenvalue weighted by Crippen LogP contribution is 2.21. The van der Waals surface area contributed by atoms with Crippen molar-refractivity contribution in [2.75, 3.05) is 13.1 Å². The molecule has 132 valence electrons. The van der Waals surface area contributed by atoms with Crippen LogP contribution in [0.3, 0.4) is 0 Å². The lowest BCUT2D eigenvalue weighted by Gasteiger charge is -2.25. The summed E-state index contributed by atoms with van der Waals surface area (Å²) in [6, 6.07) is 11.1. The maximum absolute atomic E-state index is 13.6. The molecule has 2 heterocycles. The number of nitrogens with zero attached hydrogens (tertiary/aromatic N) is 2. The van der Waals surface area contributed by atoms with Crippen molar-refractivity contribution in [2.45, 2.75) is 38.3 Å². The van der Waals surface area contributed by atoms with Gasteiger partial charge in [0.15, 0.2) is 0 Å². The third-order valence-electron chi connectivity index (χ3n) is 4.77. The van der Waals surface area contributed by atoms with Crippen molar-refractivity contribution < 1.29 is 9.18 Å². The molecule has 5 heteroatoms. The molecule has 2 aromatic rings. The highest BCUT2D eigenvalue weighted by atomic mass is 19.1. The Labute approximate surface area is 148 Å². The van der Waals surface area contributed by atoms with Crippen molar-refractivity contribution in [3.05, 3.63) is 65.7 Å². The van der Waals surface area contributed by atoms with Crippen molar-refractivity contribution in [3.8, 4) is 0 Å². The van der Waals surface area contributed by atoms with Gasteiger partial charge in [-0.3, -0.25) is 9.78 Å². The first kappa shape index (κ1) is 17.5. The Hall–Kier alpha value is -2.27. The molecule has 1 fully saturated rings. The molecule has 3 rings (SSSR count). The number of likely N-dealkylation sites (tertiary alicyclic amines) is 1. The van der Waals surface area contributed by atoms with E-state index in [2.05, 4.69) is 10.3 Å². The average Bonchev–Trinajstić information content (AvgIpc) is 2.99. The second kappa shape index (κ2) is 8.72. The number of amides is 1. The smallest absolute Gasteiger partial charge is 0.222 e. The number of hydrogen-bond acceptors (Lipinski definition) is 3. The van der Waals surface area contributed by atoms with E-state index in [1.54, 1.807) is 24.5 Å². The van der Waals surface area contributed by atoms with Gasteiger partial charge >= 0.3 is 0 Å². The minimum Gasteiger partial charge on any atom is -0.339 e. The van der Waals surface area contributed by atoms with Crippen molar-refractivity contribution in [3.63, 3.8) is 0 Å². The Morgan fingerprint density at radius 1 is 1.20 bits per heavy atom. The largest absolute Gasteiger partial charge is 0.339 e. The van der Waals surface area contributed by atoms with E-state index in [4.69, 9.17) is 0 Å². The van der Waals surface area contributed by atoms with Crippen LogP contribution in [0.1, 0.15) is 30.4 Å². The molecule has 1 unspecified atom stereocenters. The molecule has 1 amide bonds. The molecule has 0 bridgehead atoms. The van der Waals surface area contributed by atoms with Crippen LogP contribution in [0, 0.1) is 5.82 Å². The van der Waals surface area contributed by atoms with Crippen LogP contribution < -0.4 is 5.32 Å². The summed E-state index contributed by atoms with van der Waals surface area (Å²) in [4.78, 5) is 18.2. The van der Waals surface area contributed by atoms with E-state index in [9.17, 15) is 9.18 Å². The number of rotatable bonds is 8. The Balaban J connectivity index is 1.44. The molecule has 1 aromatic heterocycles. The zero-order valence-corrected chi connectivity index (χ0v) is 14.3. The summed E-state index contributed by atoms with van der Waals surface area (Å²) < 4.78 is 13.6. The van der Waals surface area contributed by atoms with E-state index < -0.39 is 0 Å². The fourth-order valence-corrected chi connectivity index (χ4v) is 3.33. The van der Waals surface area contributed by atoms with Gasteiger partial charge in [-0.1, -0.05) is 18.2 Å². The number of benzene rings is 1. The van der Waals surface area contributed by atoms with Crippen molar-refractivity contribution >= 4 is 5.91 Å². The normalized spacial score (nSPS) is 17.2. The molecule has 1 aliphatic rings. The molecule has 4 nitrogen and oxygen atoms in total. The van der Waals surface area contributed by atoms with Crippen LogP contribution in [-0.2, 0) is 17.8 Å². The maximum atomic E-state index is 13.6. The zero-order chi connectivity index (χ0) is 17.5. The molecule has 1 aliphatic heterocycles. The average molecular weight is 341 g/mol. The molecule has 1 atom stereocenters. The molecule has 0 spiro atoms. The molecule has 25 heavy (non-hydrogen) atoms. The van der Waals surface area contributed by atoms with Gasteiger partial charge in [-0.15, -0.1) is 0 Å². The van der Waals surface area contributed by atoms with Crippen molar-refractivity contribution in [1.82, 2.24) is 15.2 Å². The van der Waals surface area contributed by atoms with Gasteiger partial charge in [0.1, 0.15) is 5.82 Å². The SMILES string of the molecule is O=C1CCC(CCNCc2ccccc2F)N1CCc1ccncc1. The Kier molecular flexibility index (Phi) is 6.12. The van der Waals surface area contributed by atoms with Gasteiger partial charge in [-0.25, -0.2) is 4.39 Å². The van der Waals surface area contributed by atoms with Crippen LogP contribution in [-0.4, -0.2) is 34.9 Å². The fourth-order valence-electron chi connectivity index (χ4n) is 3.33. The second-order valence-electron chi connectivity index (χ2n) is 6.44. The lowest BCUT2D eigenvalue weighted by molar-refractivity contribution is -0.129. The third-order valence-corrected chi connectivity index (χ3v) is 4.77. The van der Waals surface area contributed by atoms with Crippen LogP contribution in [0.5, 0.6) is 0 Å².